The summed E-state index contributed by atoms with van der Waals surface area (Å²) in [7, 11) is -3.01. The van der Waals surface area contributed by atoms with Crippen LogP contribution in [0.15, 0.2) is 60.7 Å². The van der Waals surface area contributed by atoms with E-state index in [0.717, 1.165) is 5.56 Å². The highest BCUT2D eigenvalue weighted by Gasteiger charge is 2.29. The van der Waals surface area contributed by atoms with Crippen molar-refractivity contribution in [1.29, 1.82) is 0 Å². The van der Waals surface area contributed by atoms with Crippen molar-refractivity contribution < 1.29 is 18.0 Å². The Kier molecular flexibility index (Phi) is 7.81. The molecule has 1 aliphatic heterocycles. The lowest BCUT2D eigenvalue weighted by atomic mass is 10.0. The summed E-state index contributed by atoms with van der Waals surface area (Å²) in [5, 5.41) is 2.91. The standard InChI is InChI=1S/C23H29N3O4S/c1-31(29,30)17-16-25-12-14-26(15-13-25)23(28)21(18-19-8-4-2-5-9-19)24-22(27)20-10-6-3-7-11-20/h2-11,21H,12-18H2,1H3,(H,24,27). The summed E-state index contributed by atoms with van der Waals surface area (Å²) in [6.45, 7) is 2.72. The van der Waals surface area contributed by atoms with Crippen LogP contribution in [-0.4, -0.2) is 80.8 Å². The van der Waals surface area contributed by atoms with E-state index in [1.807, 2.05) is 36.4 Å². The van der Waals surface area contributed by atoms with Gasteiger partial charge in [-0.05, 0) is 17.7 Å². The Bertz CT molecular complexity index is 972. The van der Waals surface area contributed by atoms with E-state index in [4.69, 9.17) is 0 Å². The second-order valence-corrected chi connectivity index (χ2v) is 10.1. The van der Waals surface area contributed by atoms with Crippen molar-refractivity contribution in [1.82, 2.24) is 15.1 Å². The number of benzene rings is 2. The van der Waals surface area contributed by atoms with Gasteiger partial charge in [0.1, 0.15) is 15.9 Å². The molecule has 2 aromatic carbocycles. The van der Waals surface area contributed by atoms with Gasteiger partial charge in [0.2, 0.25) is 5.91 Å². The summed E-state index contributed by atoms with van der Waals surface area (Å²) < 4.78 is 22.8. The van der Waals surface area contributed by atoms with E-state index in [-0.39, 0.29) is 17.6 Å². The summed E-state index contributed by atoms with van der Waals surface area (Å²) in [5.74, 6) is -0.275. The molecule has 166 valence electrons. The zero-order chi connectivity index (χ0) is 22.3. The van der Waals surface area contributed by atoms with Gasteiger partial charge in [-0.2, -0.15) is 0 Å². The Morgan fingerprint density at radius 2 is 1.52 bits per heavy atom. The number of hydrogen-bond acceptors (Lipinski definition) is 5. The average Bonchev–Trinajstić information content (AvgIpc) is 2.78. The molecule has 0 spiro atoms. The van der Waals surface area contributed by atoms with Gasteiger partial charge in [-0.25, -0.2) is 8.42 Å². The molecule has 0 bridgehead atoms. The molecular formula is C23H29N3O4S. The van der Waals surface area contributed by atoms with Crippen molar-refractivity contribution in [3.63, 3.8) is 0 Å². The Morgan fingerprint density at radius 3 is 2.10 bits per heavy atom. The maximum absolute atomic E-state index is 13.3. The van der Waals surface area contributed by atoms with Crippen molar-refractivity contribution in [3.8, 4) is 0 Å². The quantitative estimate of drug-likeness (QED) is 0.663. The highest BCUT2D eigenvalue weighted by molar-refractivity contribution is 7.90. The first-order valence-electron chi connectivity index (χ1n) is 10.4. The minimum absolute atomic E-state index is 0.115. The van der Waals surface area contributed by atoms with Gasteiger partial charge in [-0.3, -0.25) is 14.5 Å². The van der Waals surface area contributed by atoms with Crippen LogP contribution in [0.3, 0.4) is 0 Å². The third-order valence-corrected chi connectivity index (χ3v) is 6.31. The molecule has 2 aromatic rings. The molecule has 7 nitrogen and oxygen atoms in total. The minimum atomic E-state index is -3.01. The van der Waals surface area contributed by atoms with Crippen LogP contribution in [0.2, 0.25) is 0 Å². The van der Waals surface area contributed by atoms with Crippen molar-refractivity contribution >= 4 is 21.7 Å². The number of amides is 2. The van der Waals surface area contributed by atoms with Gasteiger partial charge in [0.25, 0.3) is 5.91 Å². The van der Waals surface area contributed by atoms with Gasteiger partial charge in [-0.1, -0.05) is 48.5 Å². The van der Waals surface area contributed by atoms with E-state index in [9.17, 15) is 18.0 Å². The third kappa shape index (κ3) is 7.18. The van der Waals surface area contributed by atoms with Crippen LogP contribution < -0.4 is 5.32 Å². The second kappa shape index (κ2) is 10.5. The molecule has 0 saturated carbocycles. The highest BCUT2D eigenvalue weighted by atomic mass is 32.2. The van der Waals surface area contributed by atoms with E-state index < -0.39 is 15.9 Å². The maximum atomic E-state index is 13.3. The summed E-state index contributed by atoms with van der Waals surface area (Å²) in [6.07, 6.45) is 1.64. The van der Waals surface area contributed by atoms with Crippen LogP contribution in [0.4, 0.5) is 0 Å². The fourth-order valence-electron chi connectivity index (χ4n) is 3.59. The Balaban J connectivity index is 1.65. The van der Waals surface area contributed by atoms with Crippen LogP contribution in [0.5, 0.6) is 0 Å². The molecule has 1 saturated heterocycles. The lowest BCUT2D eigenvalue weighted by molar-refractivity contribution is -0.135. The molecular weight excluding hydrogens is 414 g/mol. The summed E-state index contributed by atoms with van der Waals surface area (Å²) in [6, 6.07) is 17.8. The van der Waals surface area contributed by atoms with Crippen molar-refractivity contribution in [2.75, 3.05) is 44.7 Å². The Hall–Kier alpha value is -2.71. The SMILES string of the molecule is CS(=O)(=O)CCN1CCN(C(=O)C(Cc2ccccc2)NC(=O)c2ccccc2)CC1. The van der Waals surface area contributed by atoms with E-state index >= 15 is 0 Å². The van der Waals surface area contributed by atoms with E-state index in [2.05, 4.69) is 10.2 Å². The van der Waals surface area contributed by atoms with Gasteiger partial charge >= 0.3 is 0 Å². The molecule has 1 N–H and O–H groups in total. The van der Waals surface area contributed by atoms with Crippen LogP contribution >= 0.6 is 0 Å². The number of carbonyl (C=O) groups excluding carboxylic acids is 2. The zero-order valence-electron chi connectivity index (χ0n) is 17.7. The van der Waals surface area contributed by atoms with Gasteiger partial charge in [-0.15, -0.1) is 0 Å². The molecule has 3 rings (SSSR count). The van der Waals surface area contributed by atoms with Gasteiger partial charge in [0.05, 0.1) is 5.75 Å². The number of nitrogens with one attached hydrogen (secondary N) is 1. The zero-order valence-corrected chi connectivity index (χ0v) is 18.6. The van der Waals surface area contributed by atoms with E-state index in [1.54, 1.807) is 29.2 Å². The van der Waals surface area contributed by atoms with Gasteiger partial charge < -0.3 is 10.2 Å². The normalized spacial score (nSPS) is 16.0. The smallest absolute Gasteiger partial charge is 0.251 e. The van der Waals surface area contributed by atoms with Crippen LogP contribution in [-0.2, 0) is 21.1 Å². The van der Waals surface area contributed by atoms with Crippen LogP contribution in [0.1, 0.15) is 15.9 Å². The predicted molar refractivity (Wildman–Crippen MR) is 121 cm³/mol. The minimum Gasteiger partial charge on any atom is -0.340 e. The maximum Gasteiger partial charge on any atom is 0.251 e. The first kappa shape index (κ1) is 23.0. The molecule has 1 atom stereocenters. The Labute approximate surface area is 184 Å². The highest BCUT2D eigenvalue weighted by Crippen LogP contribution is 2.11. The summed E-state index contributed by atoms with van der Waals surface area (Å²) in [5.41, 5.74) is 1.49. The lowest BCUT2D eigenvalue weighted by Gasteiger charge is -2.36. The molecule has 1 fully saturated rings. The van der Waals surface area contributed by atoms with Crippen molar-refractivity contribution in [3.05, 3.63) is 71.8 Å². The topological polar surface area (TPSA) is 86.8 Å². The first-order chi connectivity index (χ1) is 14.8. The fraction of sp³-hybridized carbons (Fsp3) is 0.391. The summed E-state index contributed by atoms with van der Waals surface area (Å²) in [4.78, 5) is 29.8. The van der Waals surface area contributed by atoms with Crippen LogP contribution in [0.25, 0.3) is 0 Å². The molecule has 31 heavy (non-hydrogen) atoms. The molecule has 8 heteroatoms. The molecule has 0 radical (unpaired) electrons. The largest absolute Gasteiger partial charge is 0.340 e. The molecule has 2 amide bonds. The Morgan fingerprint density at radius 1 is 0.935 bits per heavy atom. The van der Waals surface area contributed by atoms with E-state index in [1.165, 1.54) is 6.26 Å². The number of sulfone groups is 1. The molecule has 0 aromatic heterocycles. The van der Waals surface area contributed by atoms with E-state index in [0.29, 0.717) is 44.7 Å². The second-order valence-electron chi connectivity index (χ2n) is 7.88. The van der Waals surface area contributed by atoms with Gasteiger partial charge in [0, 0.05) is 51.0 Å². The number of rotatable bonds is 8. The molecule has 1 unspecified atom stereocenters. The third-order valence-electron chi connectivity index (χ3n) is 5.38. The molecule has 1 heterocycles. The number of piperazine rings is 1. The van der Waals surface area contributed by atoms with Crippen molar-refractivity contribution in [2.45, 2.75) is 12.5 Å². The monoisotopic (exact) mass is 443 g/mol. The lowest BCUT2D eigenvalue weighted by Crippen LogP contribution is -2.56. The molecule has 1 aliphatic rings. The first-order valence-corrected chi connectivity index (χ1v) is 12.5. The number of nitrogens with zero attached hydrogens (tertiary/aromatic N) is 2. The molecule has 0 aliphatic carbocycles. The average molecular weight is 444 g/mol. The fourth-order valence-corrected chi connectivity index (χ4v) is 4.18. The predicted octanol–water partition coefficient (Wildman–Crippen LogP) is 1.22. The number of hydrogen-bond donors (Lipinski definition) is 1. The van der Waals surface area contributed by atoms with Gasteiger partial charge in [0.15, 0.2) is 0 Å². The van der Waals surface area contributed by atoms with Crippen LogP contribution in [0, 0.1) is 0 Å². The number of carbonyl (C=O) groups is 2. The summed E-state index contributed by atoms with van der Waals surface area (Å²) >= 11 is 0. The van der Waals surface area contributed by atoms with Crippen molar-refractivity contribution in [2.24, 2.45) is 0 Å².